The van der Waals surface area contributed by atoms with Gasteiger partial charge < -0.3 is 15.8 Å². The molecule has 20 heavy (non-hydrogen) atoms. The van der Waals surface area contributed by atoms with Gasteiger partial charge >= 0.3 is 0 Å². The minimum absolute atomic E-state index is 0.0490. The van der Waals surface area contributed by atoms with Gasteiger partial charge in [0.15, 0.2) is 6.61 Å². The van der Waals surface area contributed by atoms with Gasteiger partial charge in [0.1, 0.15) is 5.75 Å². The van der Waals surface area contributed by atoms with Gasteiger partial charge in [0, 0.05) is 6.04 Å². The Bertz CT molecular complexity index is 516. The Morgan fingerprint density at radius 2 is 2.15 bits per heavy atom. The second-order valence-electron chi connectivity index (χ2n) is 5.06. The van der Waals surface area contributed by atoms with Gasteiger partial charge in [-0.25, -0.2) is 0 Å². The Labute approximate surface area is 118 Å². The van der Waals surface area contributed by atoms with Gasteiger partial charge in [-0.05, 0) is 31.0 Å². The van der Waals surface area contributed by atoms with E-state index in [2.05, 4.69) is 5.32 Å². The summed E-state index contributed by atoms with van der Waals surface area (Å²) in [4.78, 5) is 11.8. The van der Waals surface area contributed by atoms with Gasteiger partial charge in [-0.2, -0.15) is 5.26 Å². The van der Waals surface area contributed by atoms with Crippen molar-refractivity contribution in [2.45, 2.75) is 38.1 Å². The lowest BCUT2D eigenvalue weighted by molar-refractivity contribution is -0.124. The van der Waals surface area contributed by atoms with E-state index in [4.69, 9.17) is 15.7 Å². The van der Waals surface area contributed by atoms with Crippen molar-refractivity contribution in [2.24, 2.45) is 0 Å². The van der Waals surface area contributed by atoms with E-state index in [-0.39, 0.29) is 18.6 Å². The van der Waals surface area contributed by atoms with E-state index >= 15 is 0 Å². The molecule has 5 heteroatoms. The number of nitrogen functional groups attached to an aromatic ring is 1. The molecule has 2 rings (SSSR count). The minimum Gasteiger partial charge on any atom is -0.482 e. The second-order valence-corrected chi connectivity index (χ2v) is 5.06. The Hall–Kier alpha value is -2.22. The highest BCUT2D eigenvalue weighted by atomic mass is 16.5. The number of amides is 1. The molecule has 1 amide bonds. The first-order chi connectivity index (χ1) is 9.69. The normalized spacial score (nSPS) is 15.3. The zero-order valence-electron chi connectivity index (χ0n) is 11.4. The van der Waals surface area contributed by atoms with Crippen molar-refractivity contribution in [3.05, 3.63) is 23.8 Å². The van der Waals surface area contributed by atoms with Crippen LogP contribution in [0.25, 0.3) is 0 Å². The number of hydrogen-bond donors (Lipinski definition) is 2. The number of nitrogens with one attached hydrogen (secondary N) is 1. The summed E-state index contributed by atoms with van der Waals surface area (Å²) in [5.41, 5.74) is 6.60. The van der Waals surface area contributed by atoms with Crippen LogP contribution in [-0.2, 0) is 4.79 Å². The third-order valence-electron chi connectivity index (χ3n) is 3.47. The molecule has 1 saturated carbocycles. The highest BCUT2D eigenvalue weighted by Gasteiger charge is 2.16. The Kier molecular flexibility index (Phi) is 4.83. The number of nitriles is 1. The van der Waals surface area contributed by atoms with E-state index in [9.17, 15) is 4.79 Å². The van der Waals surface area contributed by atoms with Crippen molar-refractivity contribution in [3.8, 4) is 11.8 Å². The summed E-state index contributed by atoms with van der Waals surface area (Å²) >= 11 is 0. The highest BCUT2D eigenvalue weighted by molar-refractivity contribution is 5.78. The molecular weight excluding hydrogens is 254 g/mol. The monoisotopic (exact) mass is 273 g/mol. The topological polar surface area (TPSA) is 88.1 Å². The molecule has 5 nitrogen and oxygen atoms in total. The summed E-state index contributed by atoms with van der Waals surface area (Å²) in [5.74, 6) is 0.309. The maximum absolute atomic E-state index is 11.8. The van der Waals surface area contributed by atoms with E-state index in [1.807, 2.05) is 6.07 Å². The summed E-state index contributed by atoms with van der Waals surface area (Å²) in [6.45, 7) is -0.0490. The van der Waals surface area contributed by atoms with Crippen LogP contribution in [0.5, 0.6) is 5.75 Å². The average Bonchev–Trinajstić information content (AvgIpc) is 2.47. The Balaban J connectivity index is 1.82. The van der Waals surface area contributed by atoms with Gasteiger partial charge in [-0.15, -0.1) is 0 Å². The summed E-state index contributed by atoms with van der Waals surface area (Å²) in [6.07, 6.45) is 5.70. The molecule has 0 heterocycles. The van der Waals surface area contributed by atoms with Crippen molar-refractivity contribution < 1.29 is 9.53 Å². The Morgan fingerprint density at radius 3 is 2.80 bits per heavy atom. The first-order valence-corrected chi connectivity index (χ1v) is 6.91. The molecule has 0 spiro atoms. The van der Waals surface area contributed by atoms with Crippen LogP contribution in [0.15, 0.2) is 18.2 Å². The highest BCUT2D eigenvalue weighted by Crippen LogP contribution is 2.22. The van der Waals surface area contributed by atoms with Crippen LogP contribution in [0.2, 0.25) is 0 Å². The fourth-order valence-electron chi connectivity index (χ4n) is 2.41. The molecule has 1 aromatic carbocycles. The smallest absolute Gasteiger partial charge is 0.258 e. The predicted octanol–water partition coefficient (Wildman–Crippen LogP) is 1.97. The number of carbonyl (C=O) groups excluding carboxylic acids is 1. The molecule has 1 aliphatic rings. The summed E-state index contributed by atoms with van der Waals surface area (Å²) in [7, 11) is 0. The molecule has 0 unspecified atom stereocenters. The summed E-state index contributed by atoms with van der Waals surface area (Å²) in [5, 5.41) is 11.7. The van der Waals surface area contributed by atoms with E-state index in [1.54, 1.807) is 12.1 Å². The van der Waals surface area contributed by atoms with Crippen molar-refractivity contribution >= 4 is 11.6 Å². The van der Waals surface area contributed by atoms with Crippen LogP contribution >= 0.6 is 0 Å². The molecule has 106 valence electrons. The van der Waals surface area contributed by atoms with Gasteiger partial charge in [0.05, 0.1) is 17.3 Å². The standard InChI is InChI=1S/C15H19N3O2/c16-9-11-6-7-14(13(17)8-11)20-10-15(19)18-12-4-2-1-3-5-12/h6-8,12H,1-5,10,17H2,(H,18,19). The zero-order chi connectivity index (χ0) is 14.4. The Morgan fingerprint density at radius 1 is 1.40 bits per heavy atom. The number of ether oxygens (including phenoxy) is 1. The number of benzene rings is 1. The van der Waals surface area contributed by atoms with Gasteiger partial charge in [-0.3, -0.25) is 4.79 Å². The fourth-order valence-corrected chi connectivity index (χ4v) is 2.41. The molecule has 0 bridgehead atoms. The van der Waals surface area contributed by atoms with Gasteiger partial charge in [0.25, 0.3) is 5.91 Å². The number of carbonyl (C=O) groups is 1. The maximum Gasteiger partial charge on any atom is 0.258 e. The molecule has 1 fully saturated rings. The van der Waals surface area contributed by atoms with Crippen molar-refractivity contribution in [2.75, 3.05) is 12.3 Å². The first kappa shape index (κ1) is 14.2. The third kappa shape index (κ3) is 3.89. The molecule has 1 aliphatic carbocycles. The number of nitrogens with two attached hydrogens (primary N) is 1. The molecule has 0 aromatic heterocycles. The summed E-state index contributed by atoms with van der Waals surface area (Å²) < 4.78 is 5.39. The molecule has 0 atom stereocenters. The van der Waals surface area contributed by atoms with Crippen LogP contribution in [0.4, 0.5) is 5.69 Å². The van der Waals surface area contributed by atoms with Crippen LogP contribution in [0.1, 0.15) is 37.7 Å². The predicted molar refractivity (Wildman–Crippen MR) is 76.1 cm³/mol. The quantitative estimate of drug-likeness (QED) is 0.821. The molecular formula is C15H19N3O2. The lowest BCUT2D eigenvalue weighted by Crippen LogP contribution is -2.39. The third-order valence-corrected chi connectivity index (χ3v) is 3.47. The van der Waals surface area contributed by atoms with Crippen LogP contribution in [0.3, 0.4) is 0 Å². The van der Waals surface area contributed by atoms with E-state index < -0.39 is 0 Å². The number of nitrogens with zero attached hydrogens (tertiary/aromatic N) is 1. The van der Waals surface area contributed by atoms with Crippen molar-refractivity contribution in [1.82, 2.24) is 5.32 Å². The van der Waals surface area contributed by atoms with Gasteiger partial charge in [0.2, 0.25) is 0 Å². The molecule has 1 aromatic rings. The van der Waals surface area contributed by atoms with Crippen molar-refractivity contribution in [3.63, 3.8) is 0 Å². The van der Waals surface area contributed by atoms with Gasteiger partial charge in [-0.1, -0.05) is 19.3 Å². The fraction of sp³-hybridized carbons (Fsp3) is 0.467. The molecule has 0 saturated heterocycles. The molecule has 0 aliphatic heterocycles. The minimum atomic E-state index is -0.124. The first-order valence-electron chi connectivity index (χ1n) is 6.91. The van der Waals surface area contributed by atoms with Crippen LogP contribution in [0, 0.1) is 11.3 Å². The zero-order valence-corrected chi connectivity index (χ0v) is 11.4. The molecule has 0 radical (unpaired) electrons. The van der Waals surface area contributed by atoms with Crippen LogP contribution in [-0.4, -0.2) is 18.6 Å². The van der Waals surface area contributed by atoms with Crippen LogP contribution < -0.4 is 15.8 Å². The second kappa shape index (κ2) is 6.80. The summed E-state index contributed by atoms with van der Waals surface area (Å²) in [6, 6.07) is 7.04. The van der Waals surface area contributed by atoms with Crippen molar-refractivity contribution in [1.29, 1.82) is 5.26 Å². The average molecular weight is 273 g/mol. The lowest BCUT2D eigenvalue weighted by Gasteiger charge is -2.22. The van der Waals surface area contributed by atoms with E-state index in [0.29, 0.717) is 17.0 Å². The molecule has 3 N–H and O–H groups in total. The number of rotatable bonds is 4. The maximum atomic E-state index is 11.8. The van der Waals surface area contributed by atoms with E-state index in [0.717, 1.165) is 12.8 Å². The number of hydrogen-bond acceptors (Lipinski definition) is 4. The lowest BCUT2D eigenvalue weighted by atomic mass is 9.95. The number of anilines is 1. The van der Waals surface area contributed by atoms with E-state index in [1.165, 1.54) is 25.3 Å². The SMILES string of the molecule is N#Cc1ccc(OCC(=O)NC2CCCCC2)c(N)c1. The largest absolute Gasteiger partial charge is 0.482 e.